The summed E-state index contributed by atoms with van der Waals surface area (Å²) >= 11 is 12.1. The molecule has 1 aromatic carbocycles. The molecule has 0 spiro atoms. The summed E-state index contributed by atoms with van der Waals surface area (Å²) in [5, 5.41) is 5.33. The highest BCUT2D eigenvalue weighted by Gasteiger charge is 2.16. The Labute approximate surface area is 123 Å². The number of hydrogen-bond donors (Lipinski definition) is 0. The topological polar surface area (TPSA) is 29.3 Å². The van der Waals surface area contributed by atoms with Gasteiger partial charge < -0.3 is 4.52 Å². The molecule has 0 bridgehead atoms. The zero-order valence-electron chi connectivity index (χ0n) is 11.2. The third-order valence-electron chi connectivity index (χ3n) is 3.16. The van der Waals surface area contributed by atoms with Gasteiger partial charge in [0.05, 0.1) is 5.69 Å². The molecule has 1 atom stereocenters. The summed E-state index contributed by atoms with van der Waals surface area (Å²) in [6.45, 7) is 4.69. The van der Waals surface area contributed by atoms with Gasteiger partial charge in [0.2, 0.25) is 0 Å². The summed E-state index contributed by atoms with van der Waals surface area (Å²) < 4.78 is 5.07. The highest BCUT2D eigenvalue weighted by Crippen LogP contribution is 2.29. The summed E-state index contributed by atoms with van der Waals surface area (Å²) in [5.74, 6) is 0.820. The van der Waals surface area contributed by atoms with Crippen molar-refractivity contribution in [2.75, 3.05) is 7.05 Å². The molecule has 1 unspecified atom stereocenters. The zero-order valence-corrected chi connectivity index (χ0v) is 12.7. The molecule has 19 heavy (non-hydrogen) atoms. The van der Waals surface area contributed by atoms with Crippen molar-refractivity contribution in [3.63, 3.8) is 0 Å². The first-order valence-electron chi connectivity index (χ1n) is 6.04. The maximum atomic E-state index is 6.23. The lowest BCUT2D eigenvalue weighted by Crippen LogP contribution is -2.22. The lowest BCUT2D eigenvalue weighted by molar-refractivity contribution is 0.244. The van der Waals surface area contributed by atoms with E-state index in [1.807, 2.05) is 32.2 Å². The Morgan fingerprint density at radius 2 is 2.05 bits per heavy atom. The van der Waals surface area contributed by atoms with Crippen molar-refractivity contribution in [2.24, 2.45) is 0 Å². The molecule has 2 aromatic rings. The number of halogens is 2. The first-order valence-corrected chi connectivity index (χ1v) is 6.80. The minimum absolute atomic E-state index is 0.168. The molecule has 0 fully saturated rings. The van der Waals surface area contributed by atoms with Gasteiger partial charge in [-0.1, -0.05) is 34.4 Å². The van der Waals surface area contributed by atoms with Gasteiger partial charge in [-0.3, -0.25) is 4.90 Å². The average molecular weight is 299 g/mol. The molecule has 0 aliphatic carbocycles. The van der Waals surface area contributed by atoms with Crippen molar-refractivity contribution >= 4 is 23.2 Å². The van der Waals surface area contributed by atoms with Gasteiger partial charge in [0.15, 0.2) is 0 Å². The molecular formula is C14H16Cl2N2O. The maximum Gasteiger partial charge on any atom is 0.133 e. The number of rotatable bonds is 4. The van der Waals surface area contributed by atoms with Crippen LogP contribution in [0.5, 0.6) is 0 Å². The fourth-order valence-corrected chi connectivity index (χ4v) is 2.53. The first kappa shape index (κ1) is 14.4. The van der Waals surface area contributed by atoms with E-state index in [4.69, 9.17) is 27.7 Å². The smallest absolute Gasteiger partial charge is 0.133 e. The van der Waals surface area contributed by atoms with E-state index >= 15 is 0 Å². The molecule has 0 aliphatic rings. The SMILES string of the molecule is Cc1cc(CN(C)C(C)c2ccc(Cl)cc2Cl)no1. The second-order valence-corrected chi connectivity index (χ2v) is 5.53. The molecule has 0 N–H and O–H groups in total. The van der Waals surface area contributed by atoms with Crippen molar-refractivity contribution in [2.45, 2.75) is 26.4 Å². The van der Waals surface area contributed by atoms with Crippen LogP contribution in [0.2, 0.25) is 10.0 Å². The molecule has 1 heterocycles. The van der Waals surface area contributed by atoms with E-state index in [-0.39, 0.29) is 6.04 Å². The van der Waals surface area contributed by atoms with Crippen LogP contribution in [0.1, 0.15) is 30.0 Å². The minimum Gasteiger partial charge on any atom is -0.361 e. The van der Waals surface area contributed by atoms with E-state index < -0.39 is 0 Å². The van der Waals surface area contributed by atoms with Crippen molar-refractivity contribution in [1.29, 1.82) is 0 Å². The van der Waals surface area contributed by atoms with Gasteiger partial charge in [0.25, 0.3) is 0 Å². The van der Waals surface area contributed by atoms with Crippen molar-refractivity contribution < 1.29 is 4.52 Å². The highest BCUT2D eigenvalue weighted by atomic mass is 35.5. The summed E-state index contributed by atoms with van der Waals surface area (Å²) in [5.41, 5.74) is 1.96. The van der Waals surface area contributed by atoms with Crippen LogP contribution < -0.4 is 0 Å². The normalized spacial score (nSPS) is 12.9. The predicted octanol–water partition coefficient (Wildman–Crippen LogP) is 4.48. The van der Waals surface area contributed by atoms with Crippen molar-refractivity contribution in [1.82, 2.24) is 10.1 Å². The third kappa shape index (κ3) is 3.50. The van der Waals surface area contributed by atoms with Gasteiger partial charge >= 0.3 is 0 Å². The van der Waals surface area contributed by atoms with Gasteiger partial charge in [-0.2, -0.15) is 0 Å². The summed E-state index contributed by atoms with van der Waals surface area (Å²) in [6.07, 6.45) is 0. The van der Waals surface area contributed by atoms with Gasteiger partial charge in [0, 0.05) is 28.7 Å². The van der Waals surface area contributed by atoms with Crippen LogP contribution in [-0.2, 0) is 6.54 Å². The van der Waals surface area contributed by atoms with Gasteiger partial charge in [0.1, 0.15) is 5.76 Å². The van der Waals surface area contributed by atoms with Crippen LogP contribution in [0.25, 0.3) is 0 Å². The second-order valence-electron chi connectivity index (χ2n) is 4.69. The molecule has 0 amide bonds. The Morgan fingerprint density at radius 3 is 2.63 bits per heavy atom. The molecular weight excluding hydrogens is 283 g/mol. The van der Waals surface area contributed by atoms with E-state index in [9.17, 15) is 0 Å². The Bertz CT molecular complexity index is 568. The van der Waals surface area contributed by atoms with Crippen molar-refractivity contribution in [3.05, 3.63) is 51.3 Å². The summed E-state index contributed by atoms with van der Waals surface area (Å²) in [4.78, 5) is 2.16. The van der Waals surface area contributed by atoms with E-state index in [1.54, 1.807) is 6.07 Å². The van der Waals surface area contributed by atoms with Gasteiger partial charge in [-0.25, -0.2) is 0 Å². The third-order valence-corrected chi connectivity index (χ3v) is 3.72. The molecule has 5 heteroatoms. The van der Waals surface area contributed by atoms with E-state index in [0.717, 1.165) is 17.0 Å². The monoisotopic (exact) mass is 298 g/mol. The quantitative estimate of drug-likeness (QED) is 0.833. The average Bonchev–Trinajstić information content (AvgIpc) is 2.74. The van der Waals surface area contributed by atoms with Crippen LogP contribution in [0.3, 0.4) is 0 Å². The minimum atomic E-state index is 0.168. The van der Waals surface area contributed by atoms with Gasteiger partial charge in [-0.05, 0) is 38.6 Å². The lowest BCUT2D eigenvalue weighted by Gasteiger charge is -2.24. The summed E-state index contributed by atoms with van der Waals surface area (Å²) in [7, 11) is 2.03. The van der Waals surface area contributed by atoms with Crippen LogP contribution in [0.15, 0.2) is 28.8 Å². The number of hydrogen-bond acceptors (Lipinski definition) is 3. The largest absolute Gasteiger partial charge is 0.361 e. The lowest BCUT2D eigenvalue weighted by atomic mass is 10.1. The molecule has 0 saturated carbocycles. The molecule has 102 valence electrons. The van der Waals surface area contributed by atoms with Crippen LogP contribution in [-0.4, -0.2) is 17.1 Å². The first-order chi connectivity index (χ1) is 8.97. The van der Waals surface area contributed by atoms with Crippen LogP contribution in [0.4, 0.5) is 0 Å². The zero-order chi connectivity index (χ0) is 14.0. The predicted molar refractivity (Wildman–Crippen MR) is 77.6 cm³/mol. The molecule has 0 aliphatic heterocycles. The van der Waals surface area contributed by atoms with E-state index in [2.05, 4.69) is 17.0 Å². The fourth-order valence-electron chi connectivity index (χ4n) is 1.96. The Hall–Kier alpha value is -1.03. The molecule has 0 radical (unpaired) electrons. The molecule has 1 aromatic heterocycles. The maximum absolute atomic E-state index is 6.23. The van der Waals surface area contributed by atoms with Gasteiger partial charge in [-0.15, -0.1) is 0 Å². The second kappa shape index (κ2) is 5.95. The fraction of sp³-hybridized carbons (Fsp3) is 0.357. The number of nitrogens with zero attached hydrogens (tertiary/aromatic N) is 2. The van der Waals surface area contributed by atoms with Crippen LogP contribution in [0, 0.1) is 6.92 Å². The Morgan fingerprint density at radius 1 is 1.32 bits per heavy atom. The molecule has 3 nitrogen and oxygen atoms in total. The Kier molecular flexibility index (Phi) is 4.50. The number of benzene rings is 1. The summed E-state index contributed by atoms with van der Waals surface area (Å²) in [6, 6.07) is 7.69. The molecule has 0 saturated heterocycles. The Balaban J connectivity index is 2.12. The number of aromatic nitrogens is 1. The highest BCUT2D eigenvalue weighted by molar-refractivity contribution is 6.35. The van der Waals surface area contributed by atoms with E-state index in [1.165, 1.54) is 0 Å². The van der Waals surface area contributed by atoms with Crippen LogP contribution >= 0.6 is 23.2 Å². The van der Waals surface area contributed by atoms with Crippen molar-refractivity contribution in [3.8, 4) is 0 Å². The van der Waals surface area contributed by atoms with E-state index in [0.29, 0.717) is 16.6 Å². The number of aryl methyl sites for hydroxylation is 1. The standard InChI is InChI=1S/C14H16Cl2N2O/c1-9-6-12(17-19-9)8-18(3)10(2)13-5-4-11(15)7-14(13)16/h4-7,10H,8H2,1-3H3. The molecule has 2 rings (SSSR count).